The maximum atomic E-state index is 11.9. The van der Waals surface area contributed by atoms with Crippen LogP contribution >= 0.6 is 0 Å². The van der Waals surface area contributed by atoms with Gasteiger partial charge in [0.2, 0.25) is 0 Å². The second-order valence-corrected chi connectivity index (χ2v) is 3.99. The molecular weight excluding hydrogens is 240 g/mol. The Morgan fingerprint density at radius 3 is 2.00 bits per heavy atom. The molecular formula is C16H12O3. The van der Waals surface area contributed by atoms with Gasteiger partial charge in [0.25, 0.3) is 0 Å². The number of rotatable bonds is 4. The molecule has 3 heteroatoms. The summed E-state index contributed by atoms with van der Waals surface area (Å²) in [7, 11) is 0. The van der Waals surface area contributed by atoms with Gasteiger partial charge in [-0.15, -0.1) is 0 Å². The number of allylic oxidation sites excluding steroid dienone is 1. The molecule has 2 aromatic carbocycles. The van der Waals surface area contributed by atoms with Gasteiger partial charge in [-0.05, 0) is 23.8 Å². The van der Waals surface area contributed by atoms with Crippen molar-refractivity contribution in [3.05, 3.63) is 77.4 Å². The van der Waals surface area contributed by atoms with E-state index < -0.39 is 5.97 Å². The van der Waals surface area contributed by atoms with Gasteiger partial charge >= 0.3 is 5.97 Å². The van der Waals surface area contributed by atoms with Crippen molar-refractivity contribution >= 4 is 17.8 Å². The van der Waals surface area contributed by atoms with Crippen molar-refractivity contribution in [3.8, 4) is 0 Å². The van der Waals surface area contributed by atoms with Gasteiger partial charge in [-0.3, -0.25) is 4.79 Å². The van der Waals surface area contributed by atoms with E-state index in [-0.39, 0.29) is 11.3 Å². The molecule has 3 nitrogen and oxygen atoms in total. The topological polar surface area (TPSA) is 54.4 Å². The number of hydrogen-bond donors (Lipinski definition) is 1. The van der Waals surface area contributed by atoms with Crippen molar-refractivity contribution < 1.29 is 14.7 Å². The fourth-order valence-electron chi connectivity index (χ4n) is 1.61. The highest BCUT2D eigenvalue weighted by molar-refractivity contribution is 6.07. The van der Waals surface area contributed by atoms with Crippen LogP contribution < -0.4 is 0 Å². The van der Waals surface area contributed by atoms with Crippen LogP contribution in [0.15, 0.2) is 60.7 Å². The molecule has 0 atom stereocenters. The zero-order valence-corrected chi connectivity index (χ0v) is 10.1. The summed E-state index contributed by atoms with van der Waals surface area (Å²) in [6, 6.07) is 15.4. The van der Waals surface area contributed by atoms with E-state index in [0.717, 1.165) is 5.56 Å². The van der Waals surface area contributed by atoms with Crippen LogP contribution in [0.2, 0.25) is 0 Å². The van der Waals surface area contributed by atoms with Crippen LogP contribution in [-0.4, -0.2) is 16.9 Å². The Bertz CT molecular complexity index is 610. The van der Waals surface area contributed by atoms with E-state index in [1.165, 1.54) is 30.3 Å². The lowest BCUT2D eigenvalue weighted by Gasteiger charge is -1.97. The molecule has 0 saturated heterocycles. The largest absolute Gasteiger partial charge is 0.478 e. The zero-order valence-electron chi connectivity index (χ0n) is 10.1. The highest BCUT2D eigenvalue weighted by Crippen LogP contribution is 2.08. The third-order valence-electron chi connectivity index (χ3n) is 2.64. The molecule has 2 aromatic rings. The van der Waals surface area contributed by atoms with Crippen LogP contribution in [0, 0.1) is 0 Å². The van der Waals surface area contributed by atoms with Gasteiger partial charge in [0.15, 0.2) is 5.78 Å². The van der Waals surface area contributed by atoms with E-state index in [1.807, 2.05) is 30.3 Å². The van der Waals surface area contributed by atoms with E-state index in [2.05, 4.69) is 0 Å². The van der Waals surface area contributed by atoms with Crippen LogP contribution in [0.4, 0.5) is 0 Å². The molecule has 94 valence electrons. The van der Waals surface area contributed by atoms with Gasteiger partial charge in [-0.25, -0.2) is 4.79 Å². The summed E-state index contributed by atoms with van der Waals surface area (Å²) in [5.41, 5.74) is 1.58. The first-order valence-electron chi connectivity index (χ1n) is 5.77. The quantitative estimate of drug-likeness (QED) is 0.671. The van der Waals surface area contributed by atoms with Crippen molar-refractivity contribution in [1.29, 1.82) is 0 Å². The summed E-state index contributed by atoms with van der Waals surface area (Å²) in [5, 5.41) is 8.77. The highest BCUT2D eigenvalue weighted by Gasteiger charge is 2.05. The Hall–Kier alpha value is -2.68. The first kappa shape index (κ1) is 12.8. The van der Waals surface area contributed by atoms with Crippen molar-refractivity contribution in [3.63, 3.8) is 0 Å². The van der Waals surface area contributed by atoms with Crippen molar-refractivity contribution in [2.45, 2.75) is 0 Å². The molecule has 0 bridgehead atoms. The molecule has 0 aliphatic heterocycles. The summed E-state index contributed by atoms with van der Waals surface area (Å²) < 4.78 is 0. The third kappa shape index (κ3) is 3.39. The monoisotopic (exact) mass is 252 g/mol. The predicted octanol–water partition coefficient (Wildman–Crippen LogP) is 3.28. The van der Waals surface area contributed by atoms with E-state index in [0.29, 0.717) is 5.56 Å². The van der Waals surface area contributed by atoms with Crippen LogP contribution in [0.5, 0.6) is 0 Å². The summed E-state index contributed by atoms with van der Waals surface area (Å²) in [5.74, 6) is -1.15. The lowest BCUT2D eigenvalue weighted by Crippen LogP contribution is -1.98. The first-order chi connectivity index (χ1) is 9.16. The molecule has 0 amide bonds. The average Bonchev–Trinajstić information content (AvgIpc) is 2.46. The van der Waals surface area contributed by atoms with Crippen molar-refractivity contribution in [2.24, 2.45) is 0 Å². The Morgan fingerprint density at radius 1 is 0.842 bits per heavy atom. The van der Waals surface area contributed by atoms with E-state index >= 15 is 0 Å². The fourth-order valence-corrected chi connectivity index (χ4v) is 1.61. The van der Waals surface area contributed by atoms with Gasteiger partial charge in [0.1, 0.15) is 0 Å². The highest BCUT2D eigenvalue weighted by atomic mass is 16.4. The van der Waals surface area contributed by atoms with Gasteiger partial charge < -0.3 is 5.11 Å². The molecule has 0 heterocycles. The normalized spacial score (nSPS) is 10.5. The molecule has 2 rings (SSSR count). The van der Waals surface area contributed by atoms with Crippen LogP contribution in [-0.2, 0) is 0 Å². The third-order valence-corrected chi connectivity index (χ3v) is 2.64. The van der Waals surface area contributed by atoms with Crippen molar-refractivity contribution in [1.82, 2.24) is 0 Å². The summed E-state index contributed by atoms with van der Waals surface area (Å²) in [6.07, 6.45) is 3.21. The van der Waals surface area contributed by atoms with Crippen LogP contribution in [0.1, 0.15) is 26.3 Å². The van der Waals surface area contributed by atoms with Gasteiger partial charge in [-0.1, -0.05) is 48.5 Å². The Balaban J connectivity index is 2.12. The molecule has 1 N–H and O–H groups in total. The Labute approximate surface area is 110 Å². The Kier molecular flexibility index (Phi) is 3.88. The molecule has 0 unspecified atom stereocenters. The summed E-state index contributed by atoms with van der Waals surface area (Å²) in [6.45, 7) is 0. The maximum Gasteiger partial charge on any atom is 0.335 e. The minimum atomic E-state index is -1.00. The molecule has 0 saturated carbocycles. The SMILES string of the molecule is O=C(O)c1ccc(C(=O)/C=C\c2ccccc2)cc1. The molecule has 0 radical (unpaired) electrons. The zero-order chi connectivity index (χ0) is 13.7. The predicted molar refractivity (Wildman–Crippen MR) is 73.2 cm³/mol. The number of carboxylic acids is 1. The number of ketones is 1. The van der Waals surface area contributed by atoms with Gasteiger partial charge in [0.05, 0.1) is 5.56 Å². The molecule has 0 aliphatic carbocycles. The number of benzene rings is 2. The lowest BCUT2D eigenvalue weighted by atomic mass is 10.1. The van der Waals surface area contributed by atoms with Gasteiger partial charge in [0, 0.05) is 5.56 Å². The summed E-state index contributed by atoms with van der Waals surface area (Å²) >= 11 is 0. The number of carboxylic acid groups (broad SMARTS) is 1. The Morgan fingerprint density at radius 2 is 1.42 bits per heavy atom. The van der Waals surface area contributed by atoms with Crippen molar-refractivity contribution in [2.75, 3.05) is 0 Å². The van der Waals surface area contributed by atoms with E-state index in [4.69, 9.17) is 5.11 Å². The van der Waals surface area contributed by atoms with Crippen LogP contribution in [0.25, 0.3) is 6.08 Å². The minimum absolute atomic E-state index is 0.152. The van der Waals surface area contributed by atoms with Crippen LogP contribution in [0.3, 0.4) is 0 Å². The average molecular weight is 252 g/mol. The fraction of sp³-hybridized carbons (Fsp3) is 0. The smallest absolute Gasteiger partial charge is 0.335 e. The van der Waals surface area contributed by atoms with Gasteiger partial charge in [-0.2, -0.15) is 0 Å². The van der Waals surface area contributed by atoms with E-state index in [1.54, 1.807) is 6.08 Å². The molecule has 0 spiro atoms. The number of hydrogen-bond acceptors (Lipinski definition) is 2. The molecule has 0 aromatic heterocycles. The minimum Gasteiger partial charge on any atom is -0.478 e. The molecule has 19 heavy (non-hydrogen) atoms. The van der Waals surface area contributed by atoms with E-state index in [9.17, 15) is 9.59 Å². The second-order valence-electron chi connectivity index (χ2n) is 3.99. The standard InChI is InChI=1S/C16H12O3/c17-15(11-6-12-4-2-1-3-5-12)13-7-9-14(10-8-13)16(18)19/h1-11H,(H,18,19)/b11-6-. The molecule has 0 aliphatic rings. The number of carbonyl (C=O) groups excluding carboxylic acids is 1. The number of carbonyl (C=O) groups is 2. The first-order valence-corrected chi connectivity index (χ1v) is 5.77. The summed E-state index contributed by atoms with van der Waals surface area (Å²) in [4.78, 5) is 22.6. The maximum absolute atomic E-state index is 11.9. The molecule has 0 fully saturated rings. The number of aromatic carboxylic acids is 1. The lowest BCUT2D eigenvalue weighted by molar-refractivity contribution is 0.0696. The second kappa shape index (κ2) is 5.78.